The monoisotopic (exact) mass is 179 g/mol. The summed E-state index contributed by atoms with van der Waals surface area (Å²) < 4.78 is 5.01. The lowest BCUT2D eigenvalue weighted by Crippen LogP contribution is -2.13. The zero-order valence-corrected chi connectivity index (χ0v) is 7.13. The Labute approximate surface area is 75.1 Å². The molecule has 0 spiro atoms. The molecule has 0 aliphatic carbocycles. The Kier molecular flexibility index (Phi) is 1.62. The molecule has 0 saturated carbocycles. The molecule has 0 radical (unpaired) electrons. The van der Waals surface area contributed by atoms with E-state index in [2.05, 4.69) is 5.32 Å². The van der Waals surface area contributed by atoms with Crippen molar-refractivity contribution >= 4 is 5.91 Å². The molecule has 0 atom stereocenters. The van der Waals surface area contributed by atoms with Crippen LogP contribution in [0, 0.1) is 0 Å². The van der Waals surface area contributed by atoms with Gasteiger partial charge in [-0.3, -0.25) is 4.79 Å². The molecule has 0 aromatic heterocycles. The molecule has 4 heteroatoms. The fourth-order valence-electron chi connectivity index (χ4n) is 1.47. The van der Waals surface area contributed by atoms with Gasteiger partial charge in [-0.1, -0.05) is 0 Å². The second-order valence-electron chi connectivity index (χ2n) is 2.82. The molecule has 4 nitrogen and oxygen atoms in total. The van der Waals surface area contributed by atoms with Gasteiger partial charge < -0.3 is 15.2 Å². The number of phenolic OH excluding ortho intramolecular Hbond substituents is 1. The number of aromatic hydroxyl groups is 1. The first-order valence-electron chi connectivity index (χ1n) is 3.91. The summed E-state index contributed by atoms with van der Waals surface area (Å²) in [5, 5.41) is 12.0. The quantitative estimate of drug-likeness (QED) is 0.665. The minimum Gasteiger partial charge on any atom is -0.508 e. The van der Waals surface area contributed by atoms with Gasteiger partial charge in [0.1, 0.15) is 11.5 Å². The number of rotatable bonds is 1. The van der Waals surface area contributed by atoms with Gasteiger partial charge in [0.25, 0.3) is 5.91 Å². The number of nitrogens with one attached hydrogen (secondary N) is 1. The molecule has 0 unspecified atom stereocenters. The summed E-state index contributed by atoms with van der Waals surface area (Å²) in [6.45, 7) is 0.372. The van der Waals surface area contributed by atoms with Crippen LogP contribution >= 0.6 is 0 Å². The van der Waals surface area contributed by atoms with Gasteiger partial charge in [-0.05, 0) is 12.1 Å². The van der Waals surface area contributed by atoms with Crippen molar-refractivity contribution in [2.45, 2.75) is 6.54 Å². The van der Waals surface area contributed by atoms with Crippen molar-refractivity contribution in [2.75, 3.05) is 7.11 Å². The molecular formula is C9H9NO3. The molecule has 1 amide bonds. The van der Waals surface area contributed by atoms with Gasteiger partial charge in [0.15, 0.2) is 0 Å². The SMILES string of the molecule is COc1ccc(O)c2c1C(=O)NC2. The van der Waals surface area contributed by atoms with E-state index in [0.717, 1.165) is 0 Å². The lowest BCUT2D eigenvalue weighted by atomic mass is 10.1. The Bertz CT molecular complexity index is 373. The lowest BCUT2D eigenvalue weighted by Gasteiger charge is -2.05. The van der Waals surface area contributed by atoms with Gasteiger partial charge in [-0.25, -0.2) is 0 Å². The van der Waals surface area contributed by atoms with Crippen LogP contribution in [0.1, 0.15) is 15.9 Å². The van der Waals surface area contributed by atoms with Crippen molar-refractivity contribution in [1.82, 2.24) is 5.32 Å². The fourth-order valence-corrected chi connectivity index (χ4v) is 1.47. The number of amides is 1. The molecular weight excluding hydrogens is 170 g/mol. The van der Waals surface area contributed by atoms with Gasteiger partial charge in [0, 0.05) is 12.1 Å². The molecule has 2 rings (SSSR count). The topological polar surface area (TPSA) is 58.6 Å². The number of methoxy groups -OCH3 is 1. The van der Waals surface area contributed by atoms with Crippen LogP contribution in [0.4, 0.5) is 0 Å². The molecule has 13 heavy (non-hydrogen) atoms. The lowest BCUT2D eigenvalue weighted by molar-refractivity contribution is 0.0963. The third-order valence-corrected chi connectivity index (χ3v) is 2.12. The van der Waals surface area contributed by atoms with Crippen LogP contribution < -0.4 is 10.1 Å². The van der Waals surface area contributed by atoms with Crippen LogP contribution in [0.15, 0.2) is 12.1 Å². The predicted molar refractivity (Wildman–Crippen MR) is 45.8 cm³/mol. The van der Waals surface area contributed by atoms with Gasteiger partial charge in [0.05, 0.1) is 12.7 Å². The summed E-state index contributed by atoms with van der Waals surface area (Å²) in [5.41, 5.74) is 1.06. The maximum Gasteiger partial charge on any atom is 0.255 e. The molecule has 1 aliphatic heterocycles. The normalized spacial score (nSPS) is 13.8. The third kappa shape index (κ3) is 1.02. The van der Waals surface area contributed by atoms with E-state index >= 15 is 0 Å². The molecule has 2 N–H and O–H groups in total. The van der Waals surface area contributed by atoms with Gasteiger partial charge in [0.2, 0.25) is 0 Å². The van der Waals surface area contributed by atoms with E-state index in [0.29, 0.717) is 23.4 Å². The van der Waals surface area contributed by atoms with E-state index in [4.69, 9.17) is 4.74 Å². The zero-order chi connectivity index (χ0) is 9.42. The van der Waals surface area contributed by atoms with Crippen molar-refractivity contribution < 1.29 is 14.6 Å². The molecule has 68 valence electrons. The van der Waals surface area contributed by atoms with Crippen LogP contribution in [-0.2, 0) is 6.54 Å². The van der Waals surface area contributed by atoms with Crippen LogP contribution in [0.5, 0.6) is 11.5 Å². The zero-order valence-electron chi connectivity index (χ0n) is 7.13. The minimum absolute atomic E-state index is 0.133. The molecule has 1 heterocycles. The van der Waals surface area contributed by atoms with E-state index in [1.165, 1.54) is 13.2 Å². The molecule has 0 saturated heterocycles. The number of fused-ring (bicyclic) bond motifs is 1. The second kappa shape index (κ2) is 2.65. The molecule has 1 aliphatic rings. The van der Waals surface area contributed by atoms with E-state index in [-0.39, 0.29) is 11.7 Å². The summed E-state index contributed by atoms with van der Waals surface area (Å²) in [6, 6.07) is 3.11. The minimum atomic E-state index is -0.192. The first-order valence-corrected chi connectivity index (χ1v) is 3.91. The summed E-state index contributed by atoms with van der Waals surface area (Å²) in [7, 11) is 1.50. The third-order valence-electron chi connectivity index (χ3n) is 2.12. The predicted octanol–water partition coefficient (Wildman–Crippen LogP) is 0.644. The number of carbonyl (C=O) groups is 1. The number of carbonyl (C=O) groups excluding carboxylic acids is 1. The van der Waals surface area contributed by atoms with E-state index in [1.54, 1.807) is 6.07 Å². The van der Waals surface area contributed by atoms with Crippen molar-refractivity contribution in [2.24, 2.45) is 0 Å². The van der Waals surface area contributed by atoms with E-state index in [9.17, 15) is 9.90 Å². The van der Waals surface area contributed by atoms with Gasteiger partial charge in [-0.15, -0.1) is 0 Å². The Hall–Kier alpha value is -1.71. The van der Waals surface area contributed by atoms with Crippen molar-refractivity contribution in [1.29, 1.82) is 0 Å². The summed E-state index contributed by atoms with van der Waals surface area (Å²) in [4.78, 5) is 11.3. The van der Waals surface area contributed by atoms with E-state index in [1.807, 2.05) is 0 Å². The number of hydrogen-bond donors (Lipinski definition) is 2. The highest BCUT2D eigenvalue weighted by molar-refractivity contribution is 6.01. The number of benzene rings is 1. The summed E-state index contributed by atoms with van der Waals surface area (Å²) in [5.74, 6) is 0.444. The highest BCUT2D eigenvalue weighted by Crippen LogP contribution is 2.32. The smallest absolute Gasteiger partial charge is 0.255 e. The first-order chi connectivity index (χ1) is 6.24. The van der Waals surface area contributed by atoms with Gasteiger partial charge in [-0.2, -0.15) is 0 Å². The maximum atomic E-state index is 11.3. The summed E-state index contributed by atoms with van der Waals surface area (Å²) >= 11 is 0. The first kappa shape index (κ1) is 7.91. The Morgan fingerprint density at radius 1 is 1.54 bits per heavy atom. The van der Waals surface area contributed by atoms with Crippen molar-refractivity contribution in [3.63, 3.8) is 0 Å². The molecule has 1 aromatic rings. The number of hydrogen-bond acceptors (Lipinski definition) is 3. The second-order valence-corrected chi connectivity index (χ2v) is 2.82. The Balaban J connectivity index is 2.66. The highest BCUT2D eigenvalue weighted by atomic mass is 16.5. The van der Waals surface area contributed by atoms with Crippen LogP contribution in [-0.4, -0.2) is 18.1 Å². The summed E-state index contributed by atoms with van der Waals surface area (Å²) in [6.07, 6.45) is 0. The number of phenols is 1. The molecule has 0 fully saturated rings. The fraction of sp³-hybridized carbons (Fsp3) is 0.222. The largest absolute Gasteiger partial charge is 0.508 e. The molecule has 0 bridgehead atoms. The maximum absolute atomic E-state index is 11.3. The van der Waals surface area contributed by atoms with Crippen molar-refractivity contribution in [3.8, 4) is 11.5 Å². The Morgan fingerprint density at radius 2 is 2.31 bits per heavy atom. The average molecular weight is 179 g/mol. The van der Waals surface area contributed by atoms with Crippen LogP contribution in [0.25, 0.3) is 0 Å². The van der Waals surface area contributed by atoms with Crippen LogP contribution in [0.2, 0.25) is 0 Å². The van der Waals surface area contributed by atoms with Crippen molar-refractivity contribution in [3.05, 3.63) is 23.3 Å². The standard InChI is InChI=1S/C9H9NO3/c1-13-7-3-2-6(11)5-4-10-9(12)8(5)7/h2-3,11H,4H2,1H3,(H,10,12). The molecule has 1 aromatic carbocycles. The Morgan fingerprint density at radius 3 is 3.00 bits per heavy atom. The van der Waals surface area contributed by atoms with Crippen LogP contribution in [0.3, 0.4) is 0 Å². The average Bonchev–Trinajstić information content (AvgIpc) is 2.51. The highest BCUT2D eigenvalue weighted by Gasteiger charge is 2.25. The van der Waals surface area contributed by atoms with Gasteiger partial charge >= 0.3 is 0 Å². The number of ether oxygens (including phenoxy) is 1. The van der Waals surface area contributed by atoms with E-state index < -0.39 is 0 Å².